The molecular weight excluding hydrogens is 264 g/mol. The molecule has 0 bridgehead atoms. The van der Waals surface area contributed by atoms with Crippen LogP contribution in [0.1, 0.15) is 35.0 Å². The van der Waals surface area contributed by atoms with Crippen molar-refractivity contribution in [2.75, 3.05) is 17.3 Å². The van der Waals surface area contributed by atoms with Crippen LogP contribution in [-0.2, 0) is 23.6 Å². The Morgan fingerprint density at radius 2 is 2.32 bits per heavy atom. The summed E-state index contributed by atoms with van der Waals surface area (Å²) in [6.07, 6.45) is 4.46. The monoisotopic (exact) mass is 282 g/mol. The molecule has 0 fully saturated rings. The zero-order valence-corrected chi connectivity index (χ0v) is 11.9. The molecule has 104 valence electrons. The van der Waals surface area contributed by atoms with E-state index in [9.17, 15) is 14.1 Å². The number of aryl methyl sites for hydroxylation is 2. The van der Waals surface area contributed by atoms with Gasteiger partial charge in [-0.05, 0) is 37.8 Å². The number of aromatic nitrogens is 1. The van der Waals surface area contributed by atoms with Gasteiger partial charge < -0.3 is 10.4 Å². The molecule has 1 aliphatic carbocycles. The Labute approximate surface area is 114 Å². The minimum atomic E-state index is -0.977. The molecule has 1 aromatic heterocycles. The first-order valence-electron chi connectivity index (χ1n) is 6.30. The molecule has 1 aromatic rings. The SMILES string of the molecule is CC(CS(C)=O)Nc1nc2c(cc1C(=O)O)CCC2. The second kappa shape index (κ2) is 5.69. The Bertz CT molecular complexity index is 531. The van der Waals surface area contributed by atoms with Crippen molar-refractivity contribution < 1.29 is 14.1 Å². The third-order valence-corrected chi connectivity index (χ3v) is 4.12. The maximum absolute atomic E-state index is 11.3. The number of nitrogens with one attached hydrogen (secondary N) is 1. The summed E-state index contributed by atoms with van der Waals surface area (Å²) >= 11 is 0. The van der Waals surface area contributed by atoms with Gasteiger partial charge in [-0.1, -0.05) is 0 Å². The van der Waals surface area contributed by atoms with Gasteiger partial charge in [0, 0.05) is 34.5 Å². The number of anilines is 1. The summed E-state index contributed by atoms with van der Waals surface area (Å²) in [5.41, 5.74) is 2.22. The normalized spacial score (nSPS) is 16.7. The molecule has 19 heavy (non-hydrogen) atoms. The van der Waals surface area contributed by atoms with E-state index in [-0.39, 0.29) is 11.6 Å². The van der Waals surface area contributed by atoms with Crippen molar-refractivity contribution in [3.8, 4) is 0 Å². The summed E-state index contributed by atoms with van der Waals surface area (Å²) in [6, 6.07) is 1.64. The molecule has 1 aliphatic rings. The van der Waals surface area contributed by atoms with Gasteiger partial charge in [-0.15, -0.1) is 0 Å². The van der Waals surface area contributed by atoms with E-state index < -0.39 is 16.8 Å². The third-order valence-electron chi connectivity index (χ3n) is 3.15. The van der Waals surface area contributed by atoms with Crippen LogP contribution in [0.3, 0.4) is 0 Å². The summed E-state index contributed by atoms with van der Waals surface area (Å²) in [4.78, 5) is 15.7. The van der Waals surface area contributed by atoms with Gasteiger partial charge in [0.05, 0.1) is 0 Å². The smallest absolute Gasteiger partial charge is 0.339 e. The molecule has 2 N–H and O–H groups in total. The minimum Gasteiger partial charge on any atom is -0.478 e. The summed E-state index contributed by atoms with van der Waals surface area (Å²) < 4.78 is 11.2. The first-order chi connectivity index (χ1) is 8.97. The van der Waals surface area contributed by atoms with Crippen molar-refractivity contribution in [2.24, 2.45) is 0 Å². The van der Waals surface area contributed by atoms with Crippen LogP contribution in [0.15, 0.2) is 6.07 Å². The first-order valence-corrected chi connectivity index (χ1v) is 8.02. The van der Waals surface area contributed by atoms with Gasteiger partial charge in [0.2, 0.25) is 0 Å². The predicted molar refractivity (Wildman–Crippen MR) is 75.2 cm³/mol. The number of nitrogens with zero attached hydrogens (tertiary/aromatic N) is 1. The van der Waals surface area contributed by atoms with Gasteiger partial charge in [-0.2, -0.15) is 0 Å². The van der Waals surface area contributed by atoms with Gasteiger partial charge in [0.25, 0.3) is 0 Å². The molecule has 5 nitrogen and oxygen atoms in total. The predicted octanol–water partition coefficient (Wildman–Crippen LogP) is 1.45. The molecule has 0 spiro atoms. The third kappa shape index (κ3) is 3.32. The molecule has 2 atom stereocenters. The van der Waals surface area contributed by atoms with Crippen LogP contribution in [0.4, 0.5) is 5.82 Å². The molecule has 2 unspecified atom stereocenters. The van der Waals surface area contributed by atoms with Gasteiger partial charge in [0.1, 0.15) is 11.4 Å². The topological polar surface area (TPSA) is 79.3 Å². The molecule has 1 heterocycles. The summed E-state index contributed by atoms with van der Waals surface area (Å²) in [5, 5.41) is 12.3. The minimum absolute atomic E-state index is 0.0733. The van der Waals surface area contributed by atoms with Crippen molar-refractivity contribution >= 4 is 22.6 Å². The fraction of sp³-hybridized carbons (Fsp3) is 0.538. The molecule has 0 aliphatic heterocycles. The van der Waals surface area contributed by atoms with Gasteiger partial charge >= 0.3 is 5.97 Å². The van der Waals surface area contributed by atoms with Crippen LogP contribution >= 0.6 is 0 Å². The molecule has 0 saturated carbocycles. The van der Waals surface area contributed by atoms with Crippen molar-refractivity contribution in [1.29, 1.82) is 0 Å². The Hall–Kier alpha value is -1.43. The van der Waals surface area contributed by atoms with E-state index in [1.54, 1.807) is 12.3 Å². The molecule has 0 aromatic carbocycles. The number of fused-ring (bicyclic) bond motifs is 1. The number of hydrogen-bond acceptors (Lipinski definition) is 4. The highest BCUT2D eigenvalue weighted by Gasteiger charge is 2.20. The van der Waals surface area contributed by atoms with E-state index in [1.807, 2.05) is 6.92 Å². The van der Waals surface area contributed by atoms with Crippen molar-refractivity contribution in [2.45, 2.75) is 32.2 Å². The number of aromatic carboxylic acids is 1. The lowest BCUT2D eigenvalue weighted by molar-refractivity contribution is 0.0697. The maximum Gasteiger partial charge on any atom is 0.339 e. The van der Waals surface area contributed by atoms with Crippen molar-refractivity contribution in [3.05, 3.63) is 22.9 Å². The summed E-state index contributed by atoms with van der Waals surface area (Å²) in [7, 11) is -0.924. The highest BCUT2D eigenvalue weighted by atomic mass is 32.2. The van der Waals surface area contributed by atoms with Gasteiger partial charge in [-0.3, -0.25) is 4.21 Å². The lowest BCUT2D eigenvalue weighted by Crippen LogP contribution is -2.24. The number of carboxylic acid groups (broad SMARTS) is 1. The zero-order valence-electron chi connectivity index (χ0n) is 11.1. The second-order valence-corrected chi connectivity index (χ2v) is 6.41. The largest absolute Gasteiger partial charge is 0.478 e. The number of rotatable bonds is 5. The van der Waals surface area contributed by atoms with Crippen LogP contribution in [0.5, 0.6) is 0 Å². The average molecular weight is 282 g/mol. The average Bonchev–Trinajstić information content (AvgIpc) is 2.73. The van der Waals surface area contributed by atoms with E-state index >= 15 is 0 Å². The first kappa shape index (κ1) is 14.0. The lowest BCUT2D eigenvalue weighted by Gasteiger charge is -2.16. The van der Waals surface area contributed by atoms with Crippen molar-refractivity contribution in [1.82, 2.24) is 4.98 Å². The van der Waals surface area contributed by atoms with Crippen LogP contribution in [-0.4, -0.2) is 38.3 Å². The molecule has 2 rings (SSSR count). The van der Waals surface area contributed by atoms with E-state index in [2.05, 4.69) is 10.3 Å². The highest BCUT2D eigenvalue weighted by Crippen LogP contribution is 2.25. The van der Waals surface area contributed by atoms with Crippen LogP contribution < -0.4 is 5.32 Å². The number of pyridine rings is 1. The molecule has 0 amide bonds. The Morgan fingerprint density at radius 3 is 2.95 bits per heavy atom. The zero-order chi connectivity index (χ0) is 14.0. The fourth-order valence-electron chi connectivity index (χ4n) is 2.37. The lowest BCUT2D eigenvalue weighted by atomic mass is 10.1. The number of hydrogen-bond donors (Lipinski definition) is 2. The van der Waals surface area contributed by atoms with E-state index in [0.717, 1.165) is 30.5 Å². The quantitative estimate of drug-likeness (QED) is 0.854. The van der Waals surface area contributed by atoms with Crippen LogP contribution in [0.25, 0.3) is 0 Å². The van der Waals surface area contributed by atoms with Crippen LogP contribution in [0, 0.1) is 0 Å². The van der Waals surface area contributed by atoms with E-state index in [1.165, 1.54) is 0 Å². The summed E-state index contributed by atoms with van der Waals surface area (Å²) in [6.45, 7) is 1.88. The Balaban J connectivity index is 2.28. The van der Waals surface area contributed by atoms with E-state index in [4.69, 9.17) is 0 Å². The molecule has 0 radical (unpaired) electrons. The second-order valence-electron chi connectivity index (χ2n) is 4.93. The molecular formula is C13H18N2O3S. The molecule has 0 saturated heterocycles. The van der Waals surface area contributed by atoms with Gasteiger partial charge in [-0.25, -0.2) is 9.78 Å². The van der Waals surface area contributed by atoms with Crippen LogP contribution in [0.2, 0.25) is 0 Å². The standard InChI is InChI=1S/C13H18N2O3S/c1-8(7-19(2)18)14-12-10(13(16)17)6-9-4-3-5-11(9)15-12/h6,8H,3-5,7H2,1-2H3,(H,14,15)(H,16,17). The number of carbonyl (C=O) groups is 1. The Kier molecular flexibility index (Phi) is 4.19. The van der Waals surface area contributed by atoms with Gasteiger partial charge in [0.15, 0.2) is 0 Å². The number of carboxylic acids is 1. The van der Waals surface area contributed by atoms with Crippen molar-refractivity contribution in [3.63, 3.8) is 0 Å². The van der Waals surface area contributed by atoms with E-state index in [0.29, 0.717) is 11.6 Å². The highest BCUT2D eigenvalue weighted by molar-refractivity contribution is 7.84. The molecule has 6 heteroatoms. The Morgan fingerprint density at radius 1 is 1.58 bits per heavy atom. The fourth-order valence-corrected chi connectivity index (χ4v) is 3.16. The maximum atomic E-state index is 11.3. The summed E-state index contributed by atoms with van der Waals surface area (Å²) in [5.74, 6) is -0.113.